The quantitative estimate of drug-likeness (QED) is 0.851. The van der Waals surface area contributed by atoms with Crippen molar-refractivity contribution in [1.29, 1.82) is 0 Å². The van der Waals surface area contributed by atoms with Crippen molar-refractivity contribution in [3.63, 3.8) is 0 Å². The number of ether oxygens (including phenoxy) is 1. The highest BCUT2D eigenvalue weighted by atomic mass is 16.5. The normalized spacial score (nSPS) is 17.5. The molecule has 0 saturated carbocycles. The van der Waals surface area contributed by atoms with E-state index in [0.717, 1.165) is 19.6 Å². The highest BCUT2D eigenvalue weighted by Gasteiger charge is 2.39. The summed E-state index contributed by atoms with van der Waals surface area (Å²) in [6.45, 7) is 3.51. The van der Waals surface area contributed by atoms with E-state index in [-0.39, 0.29) is 11.8 Å². The molecule has 3 nitrogen and oxygen atoms in total. The third-order valence-electron chi connectivity index (χ3n) is 3.43. The first-order chi connectivity index (χ1) is 8.12. The van der Waals surface area contributed by atoms with Crippen LogP contribution >= 0.6 is 0 Å². The molecular weight excluding hydrogens is 216 g/mol. The number of benzene rings is 1. The van der Waals surface area contributed by atoms with Gasteiger partial charge in [-0.15, -0.1) is 0 Å². The zero-order chi connectivity index (χ0) is 12.3. The van der Waals surface area contributed by atoms with Gasteiger partial charge in [-0.05, 0) is 25.3 Å². The minimum absolute atomic E-state index is 0.0570. The maximum Gasteiger partial charge on any atom is 0.303 e. The molecule has 0 aromatic heterocycles. The summed E-state index contributed by atoms with van der Waals surface area (Å²) in [5, 5.41) is 8.68. The molecule has 0 unspecified atom stereocenters. The van der Waals surface area contributed by atoms with Crippen LogP contribution in [0.15, 0.2) is 24.3 Å². The van der Waals surface area contributed by atoms with Crippen LogP contribution in [0, 0.1) is 6.92 Å². The number of hydrogen-bond donors (Lipinski definition) is 1. The fraction of sp³-hybridized carbons (Fsp3) is 0.500. The molecule has 0 spiro atoms. The second-order valence-corrected chi connectivity index (χ2v) is 4.89. The lowest BCUT2D eigenvalue weighted by Crippen LogP contribution is -2.46. The predicted molar refractivity (Wildman–Crippen MR) is 65.2 cm³/mol. The van der Waals surface area contributed by atoms with Crippen LogP contribution in [-0.2, 0) is 14.9 Å². The first kappa shape index (κ1) is 12.1. The van der Waals surface area contributed by atoms with Gasteiger partial charge in [-0.2, -0.15) is 0 Å². The monoisotopic (exact) mass is 234 g/mol. The van der Waals surface area contributed by atoms with E-state index < -0.39 is 5.97 Å². The van der Waals surface area contributed by atoms with Crippen molar-refractivity contribution >= 4 is 5.97 Å². The van der Waals surface area contributed by atoms with E-state index in [1.807, 2.05) is 0 Å². The van der Waals surface area contributed by atoms with E-state index in [1.165, 1.54) is 11.1 Å². The zero-order valence-electron chi connectivity index (χ0n) is 10.1. The van der Waals surface area contributed by atoms with Gasteiger partial charge in [0.1, 0.15) is 0 Å². The lowest BCUT2D eigenvalue weighted by molar-refractivity contribution is -0.137. The molecule has 1 aliphatic rings. The number of aliphatic carboxylic acids is 1. The molecule has 1 aromatic rings. The van der Waals surface area contributed by atoms with Crippen molar-refractivity contribution in [1.82, 2.24) is 0 Å². The molecule has 2 rings (SSSR count). The molecule has 1 heterocycles. The summed E-state index contributed by atoms with van der Waals surface area (Å²) in [5.41, 5.74) is 2.59. The minimum Gasteiger partial charge on any atom is -0.481 e. The molecule has 1 aliphatic heterocycles. The van der Waals surface area contributed by atoms with E-state index in [9.17, 15) is 4.79 Å². The van der Waals surface area contributed by atoms with E-state index in [0.29, 0.717) is 6.42 Å². The second kappa shape index (κ2) is 4.88. The highest BCUT2D eigenvalue weighted by Crippen LogP contribution is 2.37. The molecule has 1 saturated heterocycles. The molecule has 92 valence electrons. The Hall–Kier alpha value is -1.35. The maximum absolute atomic E-state index is 10.6. The molecule has 0 bridgehead atoms. The molecule has 0 atom stereocenters. The van der Waals surface area contributed by atoms with Crippen LogP contribution in [-0.4, -0.2) is 24.3 Å². The largest absolute Gasteiger partial charge is 0.481 e. The number of carboxylic acids is 1. The Labute approximate surface area is 101 Å². The average molecular weight is 234 g/mol. The van der Waals surface area contributed by atoms with Gasteiger partial charge in [0.05, 0.1) is 13.2 Å². The van der Waals surface area contributed by atoms with E-state index in [1.54, 1.807) is 0 Å². The summed E-state index contributed by atoms with van der Waals surface area (Å²) >= 11 is 0. The fourth-order valence-electron chi connectivity index (χ4n) is 2.36. The average Bonchev–Trinajstić information content (AvgIpc) is 2.21. The van der Waals surface area contributed by atoms with Gasteiger partial charge in [-0.3, -0.25) is 4.79 Å². The number of carbonyl (C=O) groups is 1. The van der Waals surface area contributed by atoms with Gasteiger partial charge in [0.15, 0.2) is 0 Å². The van der Waals surface area contributed by atoms with E-state index >= 15 is 0 Å². The van der Waals surface area contributed by atoms with Crippen molar-refractivity contribution in [3.05, 3.63) is 35.4 Å². The van der Waals surface area contributed by atoms with Gasteiger partial charge in [0.25, 0.3) is 0 Å². The van der Waals surface area contributed by atoms with E-state index in [4.69, 9.17) is 9.84 Å². The van der Waals surface area contributed by atoms with Gasteiger partial charge in [-0.1, -0.05) is 29.8 Å². The van der Waals surface area contributed by atoms with Crippen molar-refractivity contribution in [3.8, 4) is 0 Å². The fourth-order valence-corrected chi connectivity index (χ4v) is 2.36. The third-order valence-corrected chi connectivity index (χ3v) is 3.43. The number of carboxylic acid groups (broad SMARTS) is 1. The molecule has 1 aromatic carbocycles. The van der Waals surface area contributed by atoms with Gasteiger partial charge in [0.2, 0.25) is 0 Å². The standard InChI is InChI=1S/C14H18O3/c1-11-4-2-5-12(8-11)14(9-17-10-14)7-3-6-13(15)16/h2,4-5,8H,3,6-7,9-10H2,1H3,(H,15,16). The van der Waals surface area contributed by atoms with Crippen LogP contribution in [0.5, 0.6) is 0 Å². The maximum atomic E-state index is 10.6. The molecule has 17 heavy (non-hydrogen) atoms. The molecule has 0 radical (unpaired) electrons. The SMILES string of the molecule is Cc1cccc(C2(CCCC(=O)O)COC2)c1. The van der Waals surface area contributed by atoms with Gasteiger partial charge >= 0.3 is 5.97 Å². The van der Waals surface area contributed by atoms with Crippen LogP contribution in [0.3, 0.4) is 0 Å². The van der Waals surface area contributed by atoms with Crippen LogP contribution in [0.2, 0.25) is 0 Å². The Morgan fingerprint density at radius 1 is 1.47 bits per heavy atom. The van der Waals surface area contributed by atoms with Crippen molar-refractivity contribution in [2.24, 2.45) is 0 Å². The van der Waals surface area contributed by atoms with Crippen molar-refractivity contribution in [2.75, 3.05) is 13.2 Å². The van der Waals surface area contributed by atoms with Crippen LogP contribution in [0.4, 0.5) is 0 Å². The topological polar surface area (TPSA) is 46.5 Å². The molecule has 1 fully saturated rings. The Bertz CT molecular complexity index is 408. The highest BCUT2D eigenvalue weighted by molar-refractivity contribution is 5.66. The van der Waals surface area contributed by atoms with E-state index in [2.05, 4.69) is 31.2 Å². The van der Waals surface area contributed by atoms with Crippen LogP contribution in [0.25, 0.3) is 0 Å². The van der Waals surface area contributed by atoms with Gasteiger partial charge in [-0.25, -0.2) is 0 Å². The lowest BCUT2D eigenvalue weighted by Gasteiger charge is -2.42. The molecule has 1 N–H and O–H groups in total. The number of hydrogen-bond acceptors (Lipinski definition) is 2. The summed E-state index contributed by atoms with van der Waals surface area (Å²) in [4.78, 5) is 10.6. The summed E-state index contributed by atoms with van der Waals surface area (Å²) in [6, 6.07) is 8.44. The first-order valence-electron chi connectivity index (χ1n) is 5.99. The Morgan fingerprint density at radius 2 is 2.24 bits per heavy atom. The van der Waals surface area contributed by atoms with Crippen LogP contribution < -0.4 is 0 Å². The molecule has 3 heteroatoms. The lowest BCUT2D eigenvalue weighted by atomic mass is 9.74. The van der Waals surface area contributed by atoms with Crippen molar-refractivity contribution in [2.45, 2.75) is 31.6 Å². The summed E-state index contributed by atoms with van der Waals surface area (Å²) in [6.07, 6.45) is 1.85. The number of rotatable bonds is 5. The number of aryl methyl sites for hydroxylation is 1. The first-order valence-corrected chi connectivity index (χ1v) is 5.99. The molecular formula is C14H18O3. The zero-order valence-corrected chi connectivity index (χ0v) is 10.1. The van der Waals surface area contributed by atoms with Gasteiger partial charge in [0, 0.05) is 11.8 Å². The predicted octanol–water partition coefficient (Wildman–Crippen LogP) is 2.52. The van der Waals surface area contributed by atoms with Gasteiger partial charge < -0.3 is 9.84 Å². The van der Waals surface area contributed by atoms with Crippen LogP contribution in [0.1, 0.15) is 30.4 Å². The molecule has 0 aliphatic carbocycles. The summed E-state index contributed by atoms with van der Waals surface area (Å²) < 4.78 is 5.34. The molecule has 0 amide bonds. The Morgan fingerprint density at radius 3 is 2.76 bits per heavy atom. The minimum atomic E-state index is -0.718. The summed E-state index contributed by atoms with van der Waals surface area (Å²) in [5.74, 6) is -0.718. The second-order valence-electron chi connectivity index (χ2n) is 4.89. The summed E-state index contributed by atoms with van der Waals surface area (Å²) in [7, 11) is 0. The smallest absolute Gasteiger partial charge is 0.303 e. The Kier molecular flexibility index (Phi) is 3.48. The Balaban J connectivity index is 2.06. The van der Waals surface area contributed by atoms with Crippen molar-refractivity contribution < 1.29 is 14.6 Å². The third kappa shape index (κ3) is 2.67.